The van der Waals surface area contributed by atoms with E-state index in [4.69, 9.17) is 16.3 Å². The third-order valence-electron chi connectivity index (χ3n) is 3.54. The fourth-order valence-electron chi connectivity index (χ4n) is 2.20. The summed E-state index contributed by atoms with van der Waals surface area (Å²) in [5.74, 6) is 1.29. The molecule has 0 fully saturated rings. The van der Waals surface area contributed by atoms with Gasteiger partial charge in [0.1, 0.15) is 5.75 Å². The predicted molar refractivity (Wildman–Crippen MR) is 107 cm³/mol. The number of methoxy groups -OCH3 is 1. The van der Waals surface area contributed by atoms with Crippen molar-refractivity contribution in [2.24, 2.45) is 0 Å². The van der Waals surface area contributed by atoms with Crippen molar-refractivity contribution in [2.75, 3.05) is 31.8 Å². The van der Waals surface area contributed by atoms with E-state index in [2.05, 4.69) is 5.32 Å². The lowest BCUT2D eigenvalue weighted by Crippen LogP contribution is -2.35. The maximum atomic E-state index is 12.2. The van der Waals surface area contributed by atoms with Gasteiger partial charge in [0.25, 0.3) is 0 Å². The van der Waals surface area contributed by atoms with Crippen molar-refractivity contribution in [1.29, 1.82) is 0 Å². The van der Waals surface area contributed by atoms with Crippen LogP contribution in [-0.4, -0.2) is 43.2 Å². The lowest BCUT2D eigenvalue weighted by molar-refractivity contribution is -0.131. The predicted octanol–water partition coefficient (Wildman–Crippen LogP) is 3.68. The van der Waals surface area contributed by atoms with Gasteiger partial charge in [-0.25, -0.2) is 0 Å². The molecule has 0 aromatic heterocycles. The van der Waals surface area contributed by atoms with Gasteiger partial charge in [-0.3, -0.25) is 9.59 Å². The summed E-state index contributed by atoms with van der Waals surface area (Å²) in [7, 11) is 3.18. The highest BCUT2D eigenvalue weighted by molar-refractivity contribution is 7.99. The van der Waals surface area contributed by atoms with E-state index in [9.17, 15) is 9.59 Å². The molecule has 0 saturated carbocycles. The highest BCUT2D eigenvalue weighted by Crippen LogP contribution is 2.18. The van der Waals surface area contributed by atoms with Crippen molar-refractivity contribution in [3.05, 3.63) is 59.1 Å². The molecule has 0 spiro atoms. The summed E-state index contributed by atoms with van der Waals surface area (Å²) < 4.78 is 5.12. The Balaban J connectivity index is 1.76. The number of thioether (sulfide) groups is 1. The summed E-state index contributed by atoms with van der Waals surface area (Å²) in [5, 5.41) is 3.44. The van der Waals surface area contributed by atoms with E-state index in [0.29, 0.717) is 28.0 Å². The molecule has 0 radical (unpaired) electrons. The molecule has 0 unspecified atom stereocenters. The Hall–Kier alpha value is -2.18. The molecule has 0 saturated heterocycles. The zero-order chi connectivity index (χ0) is 18.9. The fraction of sp³-hybridized carbons (Fsp3) is 0.263. The maximum Gasteiger partial charge on any atom is 0.243 e. The molecule has 5 nitrogen and oxygen atoms in total. The molecule has 0 bridgehead atoms. The van der Waals surface area contributed by atoms with Gasteiger partial charge in [0, 0.05) is 29.6 Å². The number of benzene rings is 2. The number of anilines is 1. The fourth-order valence-corrected chi connectivity index (χ4v) is 3.32. The SMILES string of the molecule is COc1cccc(NC(=O)CN(C)C(=O)CSCc2cccc(Cl)c2)c1. The van der Waals surface area contributed by atoms with E-state index < -0.39 is 0 Å². The molecule has 26 heavy (non-hydrogen) atoms. The van der Waals surface area contributed by atoms with Crippen molar-refractivity contribution in [1.82, 2.24) is 4.90 Å². The second-order valence-electron chi connectivity index (χ2n) is 5.65. The summed E-state index contributed by atoms with van der Waals surface area (Å²) in [6.45, 7) is -0.00618. The minimum absolute atomic E-state index is 0.00618. The number of hydrogen-bond donors (Lipinski definition) is 1. The first-order valence-electron chi connectivity index (χ1n) is 7.98. The van der Waals surface area contributed by atoms with Gasteiger partial charge in [0.2, 0.25) is 11.8 Å². The number of halogens is 1. The van der Waals surface area contributed by atoms with Crippen LogP contribution in [-0.2, 0) is 15.3 Å². The van der Waals surface area contributed by atoms with E-state index in [-0.39, 0.29) is 18.4 Å². The first-order chi connectivity index (χ1) is 12.5. The first kappa shape index (κ1) is 20.1. The molecular weight excluding hydrogens is 372 g/mol. The third kappa shape index (κ3) is 6.61. The van der Waals surface area contributed by atoms with Crippen LogP contribution in [0.1, 0.15) is 5.56 Å². The highest BCUT2D eigenvalue weighted by Gasteiger charge is 2.13. The van der Waals surface area contributed by atoms with Gasteiger partial charge in [-0.15, -0.1) is 11.8 Å². The lowest BCUT2D eigenvalue weighted by atomic mass is 10.2. The number of likely N-dealkylation sites (N-methyl/N-ethyl adjacent to an activating group) is 1. The topological polar surface area (TPSA) is 58.6 Å². The monoisotopic (exact) mass is 392 g/mol. The normalized spacial score (nSPS) is 10.3. The summed E-state index contributed by atoms with van der Waals surface area (Å²) in [4.78, 5) is 25.7. The van der Waals surface area contributed by atoms with Crippen LogP contribution in [0.15, 0.2) is 48.5 Å². The number of nitrogens with zero attached hydrogens (tertiary/aromatic N) is 1. The average molecular weight is 393 g/mol. The van der Waals surface area contributed by atoms with Gasteiger partial charge in [0.05, 0.1) is 19.4 Å². The lowest BCUT2D eigenvalue weighted by Gasteiger charge is -2.17. The van der Waals surface area contributed by atoms with Crippen LogP contribution in [0, 0.1) is 0 Å². The standard InChI is InChI=1S/C19H21ClN2O3S/c1-22(11-18(23)21-16-7-4-8-17(10-16)25-2)19(24)13-26-12-14-5-3-6-15(20)9-14/h3-10H,11-13H2,1-2H3,(H,21,23). The second-order valence-corrected chi connectivity index (χ2v) is 7.07. The largest absolute Gasteiger partial charge is 0.497 e. The Bertz CT molecular complexity index is 770. The van der Waals surface area contributed by atoms with Gasteiger partial charge >= 0.3 is 0 Å². The molecule has 0 atom stereocenters. The number of amides is 2. The number of ether oxygens (including phenoxy) is 1. The number of hydrogen-bond acceptors (Lipinski definition) is 4. The molecule has 0 aliphatic heterocycles. The van der Waals surface area contributed by atoms with E-state index in [1.807, 2.05) is 24.3 Å². The molecule has 0 aliphatic carbocycles. The van der Waals surface area contributed by atoms with E-state index >= 15 is 0 Å². The van der Waals surface area contributed by atoms with E-state index in [1.165, 1.54) is 16.7 Å². The quantitative estimate of drug-likeness (QED) is 0.744. The molecule has 138 valence electrons. The van der Waals surface area contributed by atoms with E-state index in [1.54, 1.807) is 38.4 Å². The van der Waals surface area contributed by atoms with Crippen LogP contribution in [0.25, 0.3) is 0 Å². The molecule has 7 heteroatoms. The average Bonchev–Trinajstić information content (AvgIpc) is 2.61. The van der Waals surface area contributed by atoms with Crippen molar-refractivity contribution < 1.29 is 14.3 Å². The van der Waals surface area contributed by atoms with Gasteiger partial charge < -0.3 is 15.0 Å². The van der Waals surface area contributed by atoms with Gasteiger partial charge in [-0.1, -0.05) is 29.8 Å². The number of carbonyl (C=O) groups is 2. The minimum atomic E-state index is -0.256. The second kappa shape index (κ2) is 10.1. The molecule has 2 aromatic rings. The molecular formula is C19H21ClN2O3S. The van der Waals surface area contributed by atoms with Gasteiger partial charge in [0.15, 0.2) is 0 Å². The van der Waals surface area contributed by atoms with Crippen molar-refractivity contribution in [2.45, 2.75) is 5.75 Å². The summed E-state index contributed by atoms with van der Waals surface area (Å²) in [6, 6.07) is 14.6. The number of rotatable bonds is 8. The highest BCUT2D eigenvalue weighted by atomic mass is 35.5. The molecule has 1 N–H and O–H groups in total. The smallest absolute Gasteiger partial charge is 0.243 e. The Labute approximate surface area is 162 Å². The Morgan fingerprint density at radius 2 is 1.96 bits per heavy atom. The van der Waals surface area contributed by atoms with Crippen LogP contribution in [0.2, 0.25) is 5.02 Å². The summed E-state index contributed by atoms with van der Waals surface area (Å²) in [6.07, 6.45) is 0. The minimum Gasteiger partial charge on any atom is -0.497 e. The van der Waals surface area contributed by atoms with Crippen LogP contribution in [0.4, 0.5) is 5.69 Å². The van der Waals surface area contributed by atoms with E-state index in [0.717, 1.165) is 5.56 Å². The van der Waals surface area contributed by atoms with Gasteiger partial charge in [-0.05, 0) is 29.8 Å². The Kier molecular flexibility index (Phi) is 7.81. The van der Waals surface area contributed by atoms with Crippen molar-refractivity contribution >= 4 is 40.9 Å². The zero-order valence-corrected chi connectivity index (χ0v) is 16.3. The Morgan fingerprint density at radius 1 is 1.19 bits per heavy atom. The third-order valence-corrected chi connectivity index (χ3v) is 4.77. The summed E-state index contributed by atoms with van der Waals surface area (Å²) >= 11 is 7.43. The maximum absolute atomic E-state index is 12.2. The number of carbonyl (C=O) groups excluding carboxylic acids is 2. The summed E-state index contributed by atoms with van der Waals surface area (Å²) in [5.41, 5.74) is 1.69. The zero-order valence-electron chi connectivity index (χ0n) is 14.7. The molecule has 0 heterocycles. The molecule has 2 aromatic carbocycles. The van der Waals surface area contributed by atoms with Crippen LogP contribution in [0.3, 0.4) is 0 Å². The van der Waals surface area contributed by atoms with Crippen LogP contribution >= 0.6 is 23.4 Å². The Morgan fingerprint density at radius 3 is 2.69 bits per heavy atom. The van der Waals surface area contributed by atoms with Crippen molar-refractivity contribution in [3.8, 4) is 5.75 Å². The molecule has 2 amide bonds. The molecule has 2 rings (SSSR count). The van der Waals surface area contributed by atoms with Gasteiger partial charge in [-0.2, -0.15) is 0 Å². The van der Waals surface area contributed by atoms with Crippen LogP contribution in [0.5, 0.6) is 5.75 Å². The first-order valence-corrected chi connectivity index (χ1v) is 9.51. The molecule has 0 aliphatic rings. The number of nitrogens with one attached hydrogen (secondary N) is 1. The van der Waals surface area contributed by atoms with Crippen molar-refractivity contribution in [3.63, 3.8) is 0 Å². The van der Waals surface area contributed by atoms with Crippen LogP contribution < -0.4 is 10.1 Å².